The molecule has 102 valence electrons. The van der Waals surface area contributed by atoms with Crippen LogP contribution >= 0.6 is 0 Å². The monoisotopic (exact) mass is 275 g/mol. The molecule has 0 aliphatic rings. The molecule has 19 heavy (non-hydrogen) atoms. The fourth-order valence-electron chi connectivity index (χ4n) is 1.18. The molecule has 0 spiro atoms. The molecule has 0 bridgehead atoms. The lowest BCUT2D eigenvalue weighted by molar-refractivity contribution is -0.192. The highest BCUT2D eigenvalue weighted by molar-refractivity contribution is 5.93. The largest absolute Gasteiger partial charge is 0.490 e. The molecule has 3 N–H and O–H groups in total. The highest BCUT2D eigenvalue weighted by Crippen LogP contribution is 2.14. The molecule has 2 aromatic rings. The van der Waals surface area contributed by atoms with Crippen molar-refractivity contribution in [1.29, 1.82) is 0 Å². The van der Waals surface area contributed by atoms with Gasteiger partial charge in [-0.25, -0.2) is 9.59 Å². The van der Waals surface area contributed by atoms with Gasteiger partial charge in [-0.1, -0.05) is 6.07 Å². The maximum Gasteiger partial charge on any atom is 0.490 e. The van der Waals surface area contributed by atoms with Crippen molar-refractivity contribution in [2.45, 2.75) is 6.18 Å². The number of hydrogen-bond donors (Lipinski definition) is 3. The normalized spacial score (nSPS) is 10.7. The van der Waals surface area contributed by atoms with E-state index in [1.807, 2.05) is 6.07 Å². The lowest BCUT2D eigenvalue weighted by atomic mass is 10.2. The van der Waals surface area contributed by atoms with Crippen LogP contribution in [0.25, 0.3) is 10.9 Å². The fourth-order valence-corrected chi connectivity index (χ4v) is 1.18. The van der Waals surface area contributed by atoms with E-state index >= 15 is 0 Å². The van der Waals surface area contributed by atoms with Crippen LogP contribution in [0, 0.1) is 0 Å². The van der Waals surface area contributed by atoms with Gasteiger partial charge in [-0.15, -0.1) is 0 Å². The Hall–Kier alpha value is -2.51. The zero-order valence-electron chi connectivity index (χ0n) is 9.23. The predicted octanol–water partition coefficient (Wildman–Crippen LogP) is 2.50. The predicted molar refractivity (Wildman–Crippen MR) is 58.9 cm³/mol. The SMILES string of the molecule is O=C(O)C(F)(F)F.O=C(O)c1ccc2cc[nH]c2c1. The van der Waals surface area contributed by atoms with Crippen molar-refractivity contribution in [1.82, 2.24) is 4.98 Å². The minimum atomic E-state index is -5.08. The average molecular weight is 275 g/mol. The number of aromatic nitrogens is 1. The van der Waals surface area contributed by atoms with Crippen molar-refractivity contribution in [3.63, 3.8) is 0 Å². The van der Waals surface area contributed by atoms with Crippen LogP contribution in [0.5, 0.6) is 0 Å². The smallest absolute Gasteiger partial charge is 0.478 e. The fraction of sp³-hybridized carbons (Fsp3) is 0.0909. The number of aromatic carboxylic acids is 1. The summed E-state index contributed by atoms with van der Waals surface area (Å²) in [4.78, 5) is 22.4. The second-order valence-corrected chi connectivity index (χ2v) is 3.39. The number of benzene rings is 1. The van der Waals surface area contributed by atoms with Gasteiger partial charge >= 0.3 is 18.1 Å². The quantitative estimate of drug-likeness (QED) is 0.745. The number of aliphatic carboxylic acids is 1. The van der Waals surface area contributed by atoms with Crippen LogP contribution in [0.2, 0.25) is 0 Å². The molecule has 0 unspecified atom stereocenters. The van der Waals surface area contributed by atoms with Crippen LogP contribution in [0.3, 0.4) is 0 Å². The van der Waals surface area contributed by atoms with Crippen molar-refractivity contribution < 1.29 is 33.0 Å². The maximum absolute atomic E-state index is 10.6. The molecule has 0 aliphatic carbocycles. The Labute approximate surface area is 104 Å². The molecule has 0 amide bonds. The summed E-state index contributed by atoms with van der Waals surface area (Å²) >= 11 is 0. The second kappa shape index (κ2) is 5.42. The van der Waals surface area contributed by atoms with Gasteiger partial charge in [-0.3, -0.25) is 0 Å². The van der Waals surface area contributed by atoms with Gasteiger partial charge < -0.3 is 15.2 Å². The minimum absolute atomic E-state index is 0.310. The molecule has 0 saturated carbocycles. The molecule has 1 heterocycles. The standard InChI is InChI=1S/C9H7NO2.C2HF3O2/c11-9(12)7-2-1-6-3-4-10-8(6)5-7;3-2(4,5)1(6)7/h1-5,10H,(H,11,12);(H,6,7). The molecule has 2 rings (SSSR count). The third-order valence-electron chi connectivity index (χ3n) is 2.04. The number of alkyl halides is 3. The highest BCUT2D eigenvalue weighted by Gasteiger charge is 2.38. The number of rotatable bonds is 1. The lowest BCUT2D eigenvalue weighted by Crippen LogP contribution is -2.21. The van der Waals surface area contributed by atoms with Crippen molar-refractivity contribution >= 4 is 22.8 Å². The minimum Gasteiger partial charge on any atom is -0.478 e. The van der Waals surface area contributed by atoms with E-state index in [0.717, 1.165) is 10.9 Å². The van der Waals surface area contributed by atoms with Crippen molar-refractivity contribution in [3.05, 3.63) is 36.0 Å². The number of fused-ring (bicyclic) bond motifs is 1. The summed E-state index contributed by atoms with van der Waals surface area (Å²) in [6.07, 6.45) is -3.30. The first-order valence-electron chi connectivity index (χ1n) is 4.82. The zero-order valence-corrected chi connectivity index (χ0v) is 9.23. The Morgan fingerprint density at radius 2 is 1.68 bits per heavy atom. The molecule has 0 saturated heterocycles. The van der Waals surface area contributed by atoms with Crippen LogP contribution in [0.4, 0.5) is 13.2 Å². The zero-order chi connectivity index (χ0) is 14.6. The third kappa shape index (κ3) is 4.02. The number of H-pyrrole nitrogens is 1. The first kappa shape index (κ1) is 14.6. The molecule has 1 aromatic carbocycles. The summed E-state index contributed by atoms with van der Waals surface area (Å²) in [5.41, 5.74) is 1.17. The second-order valence-electron chi connectivity index (χ2n) is 3.39. The molecule has 0 radical (unpaired) electrons. The van der Waals surface area contributed by atoms with Crippen LogP contribution in [-0.2, 0) is 4.79 Å². The first-order valence-corrected chi connectivity index (χ1v) is 4.82. The average Bonchev–Trinajstić information content (AvgIpc) is 2.74. The number of nitrogens with one attached hydrogen (secondary N) is 1. The summed E-state index contributed by atoms with van der Waals surface area (Å²) in [7, 11) is 0. The Morgan fingerprint density at radius 1 is 1.11 bits per heavy atom. The number of carboxylic acid groups (broad SMARTS) is 2. The van der Waals surface area contributed by atoms with Crippen LogP contribution in [0.1, 0.15) is 10.4 Å². The van der Waals surface area contributed by atoms with Gasteiger partial charge in [0.1, 0.15) is 0 Å². The van der Waals surface area contributed by atoms with Gasteiger partial charge in [-0.05, 0) is 23.6 Å². The Kier molecular flexibility index (Phi) is 4.15. The molecule has 0 fully saturated rings. The summed E-state index contributed by atoms with van der Waals surface area (Å²) in [5, 5.41) is 16.8. The van der Waals surface area contributed by atoms with Crippen LogP contribution in [0.15, 0.2) is 30.5 Å². The number of carboxylic acids is 2. The topological polar surface area (TPSA) is 90.4 Å². The number of aromatic amines is 1. The van der Waals surface area contributed by atoms with Crippen molar-refractivity contribution in [3.8, 4) is 0 Å². The van der Waals surface area contributed by atoms with E-state index in [1.54, 1.807) is 24.4 Å². The summed E-state index contributed by atoms with van der Waals surface area (Å²) in [5.74, 6) is -3.65. The third-order valence-corrected chi connectivity index (χ3v) is 2.04. The van der Waals surface area contributed by atoms with E-state index in [0.29, 0.717) is 5.56 Å². The molecule has 8 heteroatoms. The van der Waals surface area contributed by atoms with Gasteiger partial charge in [-0.2, -0.15) is 13.2 Å². The number of hydrogen-bond acceptors (Lipinski definition) is 2. The van der Waals surface area contributed by atoms with Crippen molar-refractivity contribution in [2.75, 3.05) is 0 Å². The maximum atomic E-state index is 10.6. The lowest BCUT2D eigenvalue weighted by Gasteiger charge is -1.93. The van der Waals surface area contributed by atoms with Gasteiger partial charge in [0.15, 0.2) is 0 Å². The van der Waals surface area contributed by atoms with Gasteiger partial charge in [0.05, 0.1) is 5.56 Å². The van der Waals surface area contributed by atoms with Gasteiger partial charge in [0.25, 0.3) is 0 Å². The Bertz CT molecular complexity index is 603. The van der Waals surface area contributed by atoms with Gasteiger partial charge in [0.2, 0.25) is 0 Å². The van der Waals surface area contributed by atoms with E-state index in [9.17, 15) is 18.0 Å². The van der Waals surface area contributed by atoms with E-state index < -0.39 is 18.1 Å². The number of halogens is 3. The van der Waals surface area contributed by atoms with Crippen LogP contribution < -0.4 is 0 Å². The first-order chi connectivity index (χ1) is 8.71. The summed E-state index contributed by atoms with van der Waals surface area (Å²) in [6.45, 7) is 0. The van der Waals surface area contributed by atoms with E-state index in [1.165, 1.54) is 0 Å². The number of carbonyl (C=O) groups is 2. The molecule has 1 aromatic heterocycles. The molecular weight excluding hydrogens is 267 g/mol. The molecular formula is C11H8F3NO4. The molecule has 5 nitrogen and oxygen atoms in total. The van der Waals surface area contributed by atoms with E-state index in [-0.39, 0.29) is 0 Å². The Morgan fingerprint density at radius 3 is 2.16 bits per heavy atom. The van der Waals surface area contributed by atoms with Gasteiger partial charge in [0, 0.05) is 11.7 Å². The van der Waals surface area contributed by atoms with E-state index in [4.69, 9.17) is 15.0 Å². The van der Waals surface area contributed by atoms with Crippen molar-refractivity contribution in [2.24, 2.45) is 0 Å². The Balaban J connectivity index is 0.000000224. The molecule has 0 atom stereocenters. The highest BCUT2D eigenvalue weighted by atomic mass is 19.4. The molecule has 0 aliphatic heterocycles. The summed E-state index contributed by atoms with van der Waals surface area (Å²) < 4.78 is 31.7. The van der Waals surface area contributed by atoms with Crippen LogP contribution in [-0.4, -0.2) is 33.3 Å². The van der Waals surface area contributed by atoms with E-state index in [2.05, 4.69) is 4.98 Å². The summed E-state index contributed by atoms with van der Waals surface area (Å²) in [6, 6.07) is 6.91.